The van der Waals surface area contributed by atoms with Gasteiger partial charge in [-0.25, -0.2) is 0 Å². The lowest BCUT2D eigenvalue weighted by Crippen LogP contribution is -2.13. The molecule has 0 radical (unpaired) electrons. The summed E-state index contributed by atoms with van der Waals surface area (Å²) in [5.74, 6) is 0. The highest BCUT2D eigenvalue weighted by Crippen LogP contribution is 2.57. The molecule has 2 heteroatoms. The molecule has 0 spiro atoms. The van der Waals surface area contributed by atoms with Crippen molar-refractivity contribution in [2.24, 2.45) is 0 Å². The topological polar surface area (TPSA) is 18.5 Å². The Bertz CT molecular complexity index is 687. The zero-order chi connectivity index (χ0) is 19.1. The zero-order valence-electron chi connectivity index (χ0n) is 17.5. The van der Waals surface area contributed by atoms with E-state index in [1.807, 2.05) is 0 Å². The molecule has 4 aliphatic heterocycles. The molecule has 4 atom stereocenters. The van der Waals surface area contributed by atoms with Crippen LogP contribution >= 0.6 is 0 Å². The van der Waals surface area contributed by atoms with Crippen LogP contribution in [0.25, 0.3) is 0 Å². The van der Waals surface area contributed by atoms with E-state index in [1.165, 1.54) is 86.5 Å². The van der Waals surface area contributed by atoms with Crippen molar-refractivity contribution in [1.29, 1.82) is 0 Å². The quantitative estimate of drug-likeness (QED) is 0.314. The first kappa shape index (κ1) is 18.6. The molecular weight excluding hydrogens is 344 g/mol. The highest BCUT2D eigenvalue weighted by atomic mass is 16.5. The molecule has 5 rings (SSSR count). The zero-order valence-corrected chi connectivity index (χ0v) is 17.5. The van der Waals surface area contributed by atoms with Crippen molar-refractivity contribution >= 4 is 0 Å². The summed E-state index contributed by atoms with van der Waals surface area (Å²) >= 11 is 0. The molecule has 1 aromatic rings. The summed E-state index contributed by atoms with van der Waals surface area (Å²) in [6, 6.07) is 0. The summed E-state index contributed by atoms with van der Waals surface area (Å²) in [4.78, 5) is 0. The van der Waals surface area contributed by atoms with E-state index in [4.69, 9.17) is 9.47 Å². The molecule has 0 amide bonds. The maximum absolute atomic E-state index is 6.38. The van der Waals surface area contributed by atoms with Crippen LogP contribution in [0.4, 0.5) is 0 Å². The average molecular weight is 379 g/mol. The van der Waals surface area contributed by atoms with Crippen LogP contribution < -0.4 is 0 Å². The Balaban J connectivity index is 1.55. The minimum absolute atomic E-state index is 0.184. The second-order valence-corrected chi connectivity index (χ2v) is 8.96. The van der Waals surface area contributed by atoms with Crippen LogP contribution in [0.15, 0.2) is 24.3 Å². The Morgan fingerprint density at radius 1 is 0.536 bits per heavy atom. The van der Waals surface area contributed by atoms with E-state index in [2.05, 4.69) is 38.2 Å². The molecule has 1 aromatic carbocycles. The SMILES string of the molecule is CCCCCCc1c2c(c(CCCCCC)c3c1[C@@H]1C=C[C@H]3O1)[C@H]1C=C[C@@H]2O1. The Kier molecular flexibility index (Phi) is 5.19. The highest BCUT2D eigenvalue weighted by molar-refractivity contribution is 5.63. The molecule has 2 nitrogen and oxygen atoms in total. The number of hydrogen-bond donors (Lipinski definition) is 0. The van der Waals surface area contributed by atoms with Gasteiger partial charge in [0.25, 0.3) is 0 Å². The molecule has 0 unspecified atom stereocenters. The maximum Gasteiger partial charge on any atom is 0.103 e. The van der Waals surface area contributed by atoms with Crippen LogP contribution in [0, 0.1) is 0 Å². The molecular formula is C26H34O2. The minimum Gasteiger partial charge on any atom is -0.357 e. The van der Waals surface area contributed by atoms with Crippen molar-refractivity contribution in [3.63, 3.8) is 0 Å². The smallest absolute Gasteiger partial charge is 0.103 e. The van der Waals surface area contributed by atoms with Gasteiger partial charge in [-0.15, -0.1) is 0 Å². The van der Waals surface area contributed by atoms with Gasteiger partial charge >= 0.3 is 0 Å². The number of fused-ring (bicyclic) bond motifs is 10. The van der Waals surface area contributed by atoms with Crippen LogP contribution in [-0.2, 0) is 22.3 Å². The summed E-state index contributed by atoms with van der Waals surface area (Å²) in [5.41, 5.74) is 9.25. The number of ether oxygens (including phenoxy) is 2. The van der Waals surface area contributed by atoms with Crippen LogP contribution in [0.1, 0.15) is 123 Å². The van der Waals surface area contributed by atoms with E-state index in [1.54, 1.807) is 11.1 Å². The van der Waals surface area contributed by atoms with Crippen molar-refractivity contribution in [2.45, 2.75) is 102 Å². The lowest BCUT2D eigenvalue weighted by atomic mass is 9.76. The summed E-state index contributed by atoms with van der Waals surface area (Å²) in [6.45, 7) is 4.58. The predicted molar refractivity (Wildman–Crippen MR) is 114 cm³/mol. The van der Waals surface area contributed by atoms with E-state index in [0.29, 0.717) is 0 Å². The van der Waals surface area contributed by atoms with Gasteiger partial charge in [-0.1, -0.05) is 76.7 Å². The Hall–Kier alpha value is -1.38. The normalized spacial score (nSPS) is 27.8. The lowest BCUT2D eigenvalue weighted by Gasteiger charge is -2.25. The Labute approximate surface area is 170 Å². The summed E-state index contributed by atoms with van der Waals surface area (Å²) in [6.07, 6.45) is 22.7. The fourth-order valence-electron chi connectivity index (χ4n) is 5.79. The monoisotopic (exact) mass is 378 g/mol. The van der Waals surface area contributed by atoms with Crippen LogP contribution in [0.3, 0.4) is 0 Å². The summed E-state index contributed by atoms with van der Waals surface area (Å²) < 4.78 is 12.8. The van der Waals surface area contributed by atoms with E-state index >= 15 is 0 Å². The van der Waals surface area contributed by atoms with Crippen molar-refractivity contribution in [2.75, 3.05) is 0 Å². The van der Waals surface area contributed by atoms with Crippen molar-refractivity contribution in [3.8, 4) is 0 Å². The molecule has 0 N–H and O–H groups in total. The molecule has 0 fully saturated rings. The van der Waals surface area contributed by atoms with Crippen molar-refractivity contribution in [1.82, 2.24) is 0 Å². The third-order valence-corrected chi connectivity index (χ3v) is 7.09. The van der Waals surface area contributed by atoms with E-state index < -0.39 is 0 Å². The highest BCUT2D eigenvalue weighted by Gasteiger charge is 2.45. The average Bonchev–Trinajstić information content (AvgIpc) is 3.49. The molecule has 0 saturated heterocycles. The van der Waals surface area contributed by atoms with Gasteiger partial charge in [-0.3, -0.25) is 0 Å². The largest absolute Gasteiger partial charge is 0.357 e. The minimum atomic E-state index is 0.184. The van der Waals surface area contributed by atoms with Crippen LogP contribution in [0.2, 0.25) is 0 Å². The Morgan fingerprint density at radius 2 is 0.893 bits per heavy atom. The van der Waals surface area contributed by atoms with E-state index in [9.17, 15) is 0 Å². The second kappa shape index (κ2) is 7.80. The number of unbranched alkanes of at least 4 members (excludes halogenated alkanes) is 6. The van der Waals surface area contributed by atoms with Gasteiger partial charge in [0.05, 0.1) is 0 Å². The predicted octanol–water partition coefficient (Wildman–Crippen LogP) is 7.30. The van der Waals surface area contributed by atoms with Gasteiger partial charge in [0.2, 0.25) is 0 Å². The molecule has 4 bridgehead atoms. The van der Waals surface area contributed by atoms with Gasteiger partial charge < -0.3 is 9.47 Å². The molecule has 150 valence electrons. The molecule has 0 aromatic heterocycles. The summed E-state index contributed by atoms with van der Waals surface area (Å²) in [7, 11) is 0. The number of rotatable bonds is 10. The first-order chi connectivity index (χ1) is 13.8. The molecule has 4 aliphatic rings. The number of hydrogen-bond acceptors (Lipinski definition) is 2. The molecule has 28 heavy (non-hydrogen) atoms. The molecule has 0 saturated carbocycles. The first-order valence-corrected chi connectivity index (χ1v) is 11.7. The van der Waals surface area contributed by atoms with E-state index in [-0.39, 0.29) is 24.4 Å². The Morgan fingerprint density at radius 3 is 1.21 bits per heavy atom. The van der Waals surface area contributed by atoms with Crippen molar-refractivity contribution in [3.05, 3.63) is 57.7 Å². The van der Waals surface area contributed by atoms with E-state index in [0.717, 1.165) is 0 Å². The maximum atomic E-state index is 6.38. The third-order valence-electron chi connectivity index (χ3n) is 7.09. The van der Waals surface area contributed by atoms with Crippen LogP contribution in [0.5, 0.6) is 0 Å². The molecule has 0 aliphatic carbocycles. The standard InChI is InChI=1S/C26H34O2/c1-3-5-7-9-11-17-23-19-13-15-21(27-19)25(23)18(12-10-8-6-4-2)26-22-16-14-20(28-22)24(17)26/h13-16,19-22H,3-12H2,1-2H3/t19-,20-,21+,22+. The summed E-state index contributed by atoms with van der Waals surface area (Å²) in [5, 5.41) is 0. The molecule has 4 heterocycles. The third kappa shape index (κ3) is 2.92. The van der Waals surface area contributed by atoms with Crippen LogP contribution in [-0.4, -0.2) is 0 Å². The van der Waals surface area contributed by atoms with Gasteiger partial charge in [-0.2, -0.15) is 0 Å². The fourth-order valence-corrected chi connectivity index (χ4v) is 5.79. The van der Waals surface area contributed by atoms with Gasteiger partial charge in [0.15, 0.2) is 0 Å². The van der Waals surface area contributed by atoms with Crippen molar-refractivity contribution < 1.29 is 9.47 Å². The first-order valence-electron chi connectivity index (χ1n) is 11.7. The van der Waals surface area contributed by atoms with Gasteiger partial charge in [0.1, 0.15) is 24.4 Å². The number of benzene rings is 1. The lowest BCUT2D eigenvalue weighted by molar-refractivity contribution is 0.0828. The fraction of sp³-hybridized carbons (Fsp3) is 0.615. The second-order valence-electron chi connectivity index (χ2n) is 8.96. The van der Waals surface area contributed by atoms with Gasteiger partial charge in [-0.05, 0) is 59.1 Å². The van der Waals surface area contributed by atoms with Gasteiger partial charge in [0, 0.05) is 0 Å².